The molecule has 5 heteroatoms. The number of nitrogens with zero attached hydrogens (tertiary/aromatic N) is 1. The summed E-state index contributed by atoms with van der Waals surface area (Å²) in [6.07, 6.45) is 2.83. The summed E-state index contributed by atoms with van der Waals surface area (Å²) in [5.41, 5.74) is 4.97. The van der Waals surface area contributed by atoms with Gasteiger partial charge < -0.3 is 18.9 Å². The van der Waals surface area contributed by atoms with Crippen LogP contribution < -0.4 is 18.9 Å². The number of ether oxygens (including phenoxy) is 4. The summed E-state index contributed by atoms with van der Waals surface area (Å²) in [5.74, 6) is 3.14. The first-order valence-electron chi connectivity index (χ1n) is 11.5. The van der Waals surface area contributed by atoms with Gasteiger partial charge in [0.25, 0.3) is 0 Å². The summed E-state index contributed by atoms with van der Waals surface area (Å²) in [6, 6.07) is 21.2. The van der Waals surface area contributed by atoms with Crippen LogP contribution in [0.2, 0.25) is 0 Å². The molecule has 0 radical (unpaired) electrons. The highest BCUT2D eigenvalue weighted by Crippen LogP contribution is 2.49. The average molecular weight is 460 g/mol. The topological polar surface area (TPSA) is 40.2 Å². The van der Waals surface area contributed by atoms with Crippen molar-refractivity contribution in [1.82, 2.24) is 4.90 Å². The second-order valence-electron chi connectivity index (χ2n) is 8.49. The number of hydrogen-bond acceptors (Lipinski definition) is 5. The second kappa shape index (κ2) is 10.7. The van der Waals surface area contributed by atoms with Gasteiger partial charge in [0.05, 0.1) is 28.4 Å². The maximum atomic E-state index is 5.66. The van der Waals surface area contributed by atoms with E-state index in [0.29, 0.717) is 0 Å². The maximum Gasteiger partial charge on any atom is 0.161 e. The average Bonchev–Trinajstić information content (AvgIpc) is 2.88. The van der Waals surface area contributed by atoms with Crippen LogP contribution in [-0.4, -0.2) is 33.3 Å². The third-order valence-corrected chi connectivity index (χ3v) is 6.59. The lowest BCUT2D eigenvalue weighted by Crippen LogP contribution is -2.37. The lowest BCUT2D eigenvalue weighted by atomic mass is 9.78. The standard InChI is InChI=1S/C29H33NO4/c1-6-10-23-24-17-28(34-5)27(33-4)16-22(24)19-30(18-20-11-8-7-9-12-20)29(23)21-13-14-25(31-2)26(15-21)32-3/h6-9,11-17,23,29H,1,10,18-19H2,2-5H3/t23-,29+/m0/s1. The Morgan fingerprint density at radius 3 is 2.12 bits per heavy atom. The largest absolute Gasteiger partial charge is 0.493 e. The van der Waals surface area contributed by atoms with Crippen LogP contribution in [0.5, 0.6) is 23.0 Å². The Kier molecular flexibility index (Phi) is 7.43. The van der Waals surface area contributed by atoms with Crippen LogP contribution >= 0.6 is 0 Å². The minimum Gasteiger partial charge on any atom is -0.493 e. The predicted octanol–water partition coefficient (Wildman–Crippen LogP) is 6.14. The first-order valence-corrected chi connectivity index (χ1v) is 11.5. The minimum absolute atomic E-state index is 0.114. The van der Waals surface area contributed by atoms with E-state index in [2.05, 4.69) is 66.1 Å². The Labute approximate surface area is 202 Å². The van der Waals surface area contributed by atoms with E-state index in [1.165, 1.54) is 22.3 Å². The molecule has 1 aliphatic rings. The molecular formula is C29H33NO4. The fraction of sp³-hybridized carbons (Fsp3) is 0.310. The van der Waals surface area contributed by atoms with Gasteiger partial charge in [-0.25, -0.2) is 0 Å². The predicted molar refractivity (Wildman–Crippen MR) is 135 cm³/mol. The molecule has 34 heavy (non-hydrogen) atoms. The van der Waals surface area contributed by atoms with Gasteiger partial charge in [-0.05, 0) is 52.9 Å². The van der Waals surface area contributed by atoms with Crippen molar-refractivity contribution < 1.29 is 18.9 Å². The molecule has 0 aromatic heterocycles. The van der Waals surface area contributed by atoms with Gasteiger partial charge in [0.1, 0.15) is 0 Å². The lowest BCUT2D eigenvalue weighted by Gasteiger charge is -2.43. The van der Waals surface area contributed by atoms with E-state index in [1.54, 1.807) is 28.4 Å². The third-order valence-electron chi connectivity index (χ3n) is 6.59. The molecule has 4 rings (SSSR count). The molecule has 0 aliphatic carbocycles. The van der Waals surface area contributed by atoms with Crippen molar-refractivity contribution in [3.63, 3.8) is 0 Å². The molecule has 1 heterocycles. The van der Waals surface area contributed by atoms with Crippen molar-refractivity contribution in [2.45, 2.75) is 31.5 Å². The Balaban J connectivity index is 1.87. The molecule has 0 saturated carbocycles. The number of rotatable bonds is 9. The molecular weight excluding hydrogens is 426 g/mol. The SMILES string of the molecule is C=CC[C@H]1c2cc(OC)c(OC)cc2CN(Cc2ccccc2)[C@@H]1c1ccc(OC)c(OC)c1. The molecule has 0 spiro atoms. The Morgan fingerprint density at radius 1 is 0.824 bits per heavy atom. The molecule has 3 aromatic carbocycles. The molecule has 0 N–H and O–H groups in total. The van der Waals surface area contributed by atoms with Gasteiger partial charge in [-0.15, -0.1) is 6.58 Å². The summed E-state index contributed by atoms with van der Waals surface area (Å²) in [6.45, 7) is 5.69. The monoisotopic (exact) mass is 459 g/mol. The summed E-state index contributed by atoms with van der Waals surface area (Å²) >= 11 is 0. The van der Waals surface area contributed by atoms with Gasteiger partial charge in [0.2, 0.25) is 0 Å². The zero-order valence-corrected chi connectivity index (χ0v) is 20.4. The fourth-order valence-corrected chi connectivity index (χ4v) is 5.05. The van der Waals surface area contributed by atoms with Gasteiger partial charge in [-0.1, -0.05) is 42.5 Å². The number of hydrogen-bond donors (Lipinski definition) is 0. The van der Waals surface area contributed by atoms with Crippen LogP contribution in [0.4, 0.5) is 0 Å². The summed E-state index contributed by atoms with van der Waals surface area (Å²) < 4.78 is 22.4. The quantitative estimate of drug-likeness (QED) is 0.360. The highest BCUT2D eigenvalue weighted by molar-refractivity contribution is 5.52. The number of fused-ring (bicyclic) bond motifs is 1. The van der Waals surface area contributed by atoms with Gasteiger partial charge in [-0.2, -0.15) is 0 Å². The van der Waals surface area contributed by atoms with E-state index >= 15 is 0 Å². The number of benzene rings is 3. The number of methoxy groups -OCH3 is 4. The van der Waals surface area contributed by atoms with Crippen molar-refractivity contribution in [2.24, 2.45) is 0 Å². The van der Waals surface area contributed by atoms with Gasteiger partial charge >= 0.3 is 0 Å². The first kappa shape index (κ1) is 23.7. The van der Waals surface area contributed by atoms with Crippen LogP contribution in [0.3, 0.4) is 0 Å². The van der Waals surface area contributed by atoms with Gasteiger partial charge in [0.15, 0.2) is 23.0 Å². The molecule has 0 bridgehead atoms. The second-order valence-corrected chi connectivity index (χ2v) is 8.49. The van der Waals surface area contributed by atoms with Gasteiger partial charge in [-0.3, -0.25) is 4.90 Å². The lowest BCUT2D eigenvalue weighted by molar-refractivity contribution is 0.135. The number of allylic oxidation sites excluding steroid dienone is 1. The van der Waals surface area contributed by atoms with Crippen LogP contribution in [0.25, 0.3) is 0 Å². The molecule has 178 valence electrons. The molecule has 3 aromatic rings. The molecule has 0 saturated heterocycles. The highest BCUT2D eigenvalue weighted by atomic mass is 16.5. The normalized spacial score (nSPS) is 17.5. The first-order chi connectivity index (χ1) is 16.6. The summed E-state index contributed by atoms with van der Waals surface area (Å²) in [7, 11) is 6.71. The third kappa shape index (κ3) is 4.62. The van der Waals surface area contributed by atoms with Crippen molar-refractivity contribution in [1.29, 1.82) is 0 Å². The zero-order valence-electron chi connectivity index (χ0n) is 20.4. The molecule has 0 amide bonds. The van der Waals surface area contributed by atoms with Crippen molar-refractivity contribution in [2.75, 3.05) is 28.4 Å². The summed E-state index contributed by atoms with van der Waals surface area (Å²) in [5, 5.41) is 0. The minimum atomic E-state index is 0.114. The van der Waals surface area contributed by atoms with E-state index < -0.39 is 0 Å². The fourth-order valence-electron chi connectivity index (χ4n) is 5.05. The zero-order chi connectivity index (χ0) is 24.1. The van der Waals surface area contributed by atoms with E-state index in [4.69, 9.17) is 18.9 Å². The van der Waals surface area contributed by atoms with Crippen LogP contribution in [0, 0.1) is 0 Å². The van der Waals surface area contributed by atoms with Crippen LogP contribution in [-0.2, 0) is 13.1 Å². The Morgan fingerprint density at radius 2 is 1.47 bits per heavy atom. The molecule has 2 atom stereocenters. The Bertz CT molecular complexity index is 1130. The summed E-state index contributed by atoms with van der Waals surface area (Å²) in [4.78, 5) is 2.53. The smallest absolute Gasteiger partial charge is 0.161 e. The maximum absolute atomic E-state index is 5.66. The molecule has 1 aliphatic heterocycles. The van der Waals surface area contributed by atoms with E-state index in [1.807, 2.05) is 12.1 Å². The highest BCUT2D eigenvalue weighted by Gasteiger charge is 2.37. The van der Waals surface area contributed by atoms with E-state index in [9.17, 15) is 0 Å². The Hall–Kier alpha value is -3.44. The van der Waals surface area contributed by atoms with Crippen LogP contribution in [0.15, 0.2) is 73.3 Å². The molecule has 0 unspecified atom stereocenters. The van der Waals surface area contributed by atoms with Crippen molar-refractivity contribution in [3.05, 3.63) is 95.6 Å². The van der Waals surface area contributed by atoms with Crippen LogP contribution in [0.1, 0.15) is 40.6 Å². The molecule has 5 nitrogen and oxygen atoms in total. The van der Waals surface area contributed by atoms with E-state index in [0.717, 1.165) is 42.5 Å². The van der Waals surface area contributed by atoms with E-state index in [-0.39, 0.29) is 12.0 Å². The van der Waals surface area contributed by atoms with Crippen molar-refractivity contribution in [3.8, 4) is 23.0 Å². The van der Waals surface area contributed by atoms with Crippen molar-refractivity contribution >= 4 is 0 Å². The molecule has 0 fully saturated rings. The van der Waals surface area contributed by atoms with Gasteiger partial charge in [0, 0.05) is 25.0 Å².